The fraction of sp³-hybridized carbons (Fsp3) is 0.457. The second-order valence-corrected chi connectivity index (χ2v) is 14.4. The van der Waals surface area contributed by atoms with Crippen LogP contribution < -0.4 is 10.4 Å². The lowest BCUT2D eigenvalue weighted by Crippen LogP contribution is -2.44. The number of rotatable bonds is 10. The quantitative estimate of drug-likeness (QED) is 0.150. The predicted molar refractivity (Wildman–Crippen MR) is 177 cm³/mol. The van der Waals surface area contributed by atoms with E-state index in [9.17, 15) is 8.42 Å². The zero-order valence-electron chi connectivity index (χ0n) is 26.6. The van der Waals surface area contributed by atoms with Gasteiger partial charge in [0.05, 0.1) is 12.8 Å². The SMILES string of the molecule is CCC(C)c1ccc(N(Cc2ccc(C(C)(C)C)cc2)C(=NN2CCC(Cc3ccccc3)CC2)NOS(C)(=O)=O)cc1. The van der Waals surface area contributed by atoms with Crippen LogP contribution in [0.3, 0.4) is 0 Å². The molecule has 4 rings (SSSR count). The van der Waals surface area contributed by atoms with E-state index in [-0.39, 0.29) is 5.41 Å². The van der Waals surface area contributed by atoms with E-state index in [1.807, 2.05) is 9.91 Å². The number of hydrogen-bond donors (Lipinski definition) is 1. The van der Waals surface area contributed by atoms with E-state index in [1.165, 1.54) is 16.7 Å². The summed E-state index contributed by atoms with van der Waals surface area (Å²) in [6, 6.07) is 27.6. The monoisotopic (exact) mass is 604 g/mol. The normalized spacial score (nSPS) is 15.8. The van der Waals surface area contributed by atoms with Gasteiger partial charge in [0.1, 0.15) is 0 Å². The lowest BCUT2D eigenvalue weighted by atomic mass is 9.87. The summed E-state index contributed by atoms with van der Waals surface area (Å²) < 4.78 is 29.3. The second-order valence-electron chi connectivity index (χ2n) is 12.8. The molecule has 1 heterocycles. The molecule has 1 N–H and O–H groups in total. The minimum absolute atomic E-state index is 0.0498. The Morgan fingerprint density at radius 3 is 2.16 bits per heavy atom. The van der Waals surface area contributed by atoms with Crippen molar-refractivity contribution in [3.05, 3.63) is 101 Å². The summed E-state index contributed by atoms with van der Waals surface area (Å²) in [7, 11) is -3.77. The van der Waals surface area contributed by atoms with E-state index in [0.717, 1.165) is 56.3 Å². The molecule has 3 aromatic carbocycles. The Morgan fingerprint density at radius 1 is 0.977 bits per heavy atom. The van der Waals surface area contributed by atoms with Gasteiger partial charge < -0.3 is 4.90 Å². The highest BCUT2D eigenvalue weighted by molar-refractivity contribution is 7.85. The summed E-state index contributed by atoms with van der Waals surface area (Å²) in [5.74, 6) is 1.37. The Hall–Kier alpha value is -3.36. The van der Waals surface area contributed by atoms with Crippen LogP contribution in [-0.4, -0.2) is 38.7 Å². The summed E-state index contributed by atoms with van der Waals surface area (Å²) in [4.78, 5) is 1.99. The van der Waals surface area contributed by atoms with E-state index in [2.05, 4.69) is 119 Å². The maximum atomic E-state index is 12.1. The third-order valence-electron chi connectivity index (χ3n) is 8.28. The van der Waals surface area contributed by atoms with Gasteiger partial charge in [-0.1, -0.05) is 101 Å². The molecule has 1 fully saturated rings. The fourth-order valence-corrected chi connectivity index (χ4v) is 5.57. The van der Waals surface area contributed by atoms with E-state index in [0.29, 0.717) is 24.3 Å². The van der Waals surface area contributed by atoms with Crippen LogP contribution in [0.25, 0.3) is 0 Å². The van der Waals surface area contributed by atoms with Crippen LogP contribution in [0.5, 0.6) is 0 Å². The Bertz CT molecular complexity index is 1430. The average Bonchev–Trinajstić information content (AvgIpc) is 2.98. The molecule has 0 radical (unpaired) electrons. The van der Waals surface area contributed by atoms with Crippen LogP contribution in [0.4, 0.5) is 5.69 Å². The van der Waals surface area contributed by atoms with Crippen molar-refractivity contribution in [1.82, 2.24) is 10.5 Å². The van der Waals surface area contributed by atoms with E-state index in [1.54, 1.807) is 0 Å². The molecule has 0 aliphatic carbocycles. The molecule has 0 amide bonds. The third kappa shape index (κ3) is 9.83. The van der Waals surface area contributed by atoms with Crippen molar-refractivity contribution < 1.29 is 12.7 Å². The molecule has 1 aliphatic heterocycles. The maximum Gasteiger partial charge on any atom is 0.285 e. The molecular formula is C35H48N4O3S. The van der Waals surface area contributed by atoms with Gasteiger partial charge in [0.25, 0.3) is 10.1 Å². The molecule has 0 aromatic heterocycles. The minimum atomic E-state index is -3.77. The molecule has 0 spiro atoms. The lowest BCUT2D eigenvalue weighted by Gasteiger charge is -2.33. The number of nitrogens with one attached hydrogen (secondary N) is 1. The van der Waals surface area contributed by atoms with Crippen molar-refractivity contribution in [2.24, 2.45) is 11.0 Å². The number of guanidine groups is 1. The van der Waals surface area contributed by atoms with E-state index >= 15 is 0 Å². The van der Waals surface area contributed by atoms with Crippen LogP contribution in [0.15, 0.2) is 84.0 Å². The number of benzene rings is 3. The van der Waals surface area contributed by atoms with Crippen molar-refractivity contribution in [2.75, 3.05) is 24.2 Å². The number of anilines is 1. The summed E-state index contributed by atoms with van der Waals surface area (Å²) in [5, 5.41) is 6.99. The molecule has 0 saturated carbocycles. The summed E-state index contributed by atoms with van der Waals surface area (Å²) in [6.07, 6.45) is 5.16. The van der Waals surface area contributed by atoms with Gasteiger partial charge in [0, 0.05) is 18.8 Å². The molecule has 1 saturated heterocycles. The highest BCUT2D eigenvalue weighted by Gasteiger charge is 2.23. The van der Waals surface area contributed by atoms with Crippen molar-refractivity contribution in [3.8, 4) is 0 Å². The van der Waals surface area contributed by atoms with Crippen molar-refractivity contribution in [1.29, 1.82) is 0 Å². The molecule has 0 bridgehead atoms. The van der Waals surface area contributed by atoms with Crippen molar-refractivity contribution >= 4 is 21.8 Å². The van der Waals surface area contributed by atoms with Gasteiger partial charge in [0.2, 0.25) is 5.96 Å². The molecular weight excluding hydrogens is 556 g/mol. The second kappa shape index (κ2) is 14.4. The predicted octanol–water partition coefficient (Wildman–Crippen LogP) is 7.21. The molecule has 1 unspecified atom stereocenters. The first-order chi connectivity index (χ1) is 20.4. The first-order valence-electron chi connectivity index (χ1n) is 15.4. The molecule has 3 aromatic rings. The van der Waals surface area contributed by atoms with Gasteiger partial charge in [-0.05, 0) is 77.3 Å². The molecule has 1 atom stereocenters. The fourth-order valence-electron chi connectivity index (χ4n) is 5.35. The van der Waals surface area contributed by atoms with Gasteiger partial charge >= 0.3 is 0 Å². The van der Waals surface area contributed by atoms with Crippen molar-refractivity contribution in [2.45, 2.75) is 78.2 Å². The molecule has 8 heteroatoms. The number of hydrazone groups is 1. The third-order valence-corrected chi connectivity index (χ3v) is 8.67. The smallest absolute Gasteiger partial charge is 0.285 e. The lowest BCUT2D eigenvalue weighted by molar-refractivity contribution is 0.185. The zero-order valence-corrected chi connectivity index (χ0v) is 27.4. The highest BCUT2D eigenvalue weighted by atomic mass is 32.2. The zero-order chi connectivity index (χ0) is 31.0. The van der Waals surface area contributed by atoms with Gasteiger partial charge in [-0.3, -0.25) is 5.01 Å². The number of hydrogen-bond acceptors (Lipinski definition) is 5. The van der Waals surface area contributed by atoms with Crippen LogP contribution in [0.1, 0.15) is 82.1 Å². The van der Waals surface area contributed by atoms with Crippen LogP contribution in [0.2, 0.25) is 0 Å². The largest absolute Gasteiger partial charge is 0.305 e. The van der Waals surface area contributed by atoms with Gasteiger partial charge in [0.15, 0.2) is 0 Å². The molecule has 1 aliphatic rings. The van der Waals surface area contributed by atoms with Gasteiger partial charge in [-0.2, -0.15) is 8.42 Å². The first kappa shape index (κ1) is 32.6. The Labute approximate surface area is 259 Å². The number of nitrogens with zero attached hydrogens (tertiary/aromatic N) is 3. The van der Waals surface area contributed by atoms with Crippen molar-refractivity contribution in [3.63, 3.8) is 0 Å². The maximum absolute atomic E-state index is 12.1. The number of piperidine rings is 1. The summed E-state index contributed by atoms with van der Waals surface area (Å²) in [5.41, 5.74) is 8.61. The van der Waals surface area contributed by atoms with Crippen LogP contribution in [-0.2, 0) is 32.8 Å². The van der Waals surface area contributed by atoms with E-state index in [4.69, 9.17) is 9.39 Å². The summed E-state index contributed by atoms with van der Waals surface area (Å²) in [6.45, 7) is 13.1. The van der Waals surface area contributed by atoms with E-state index < -0.39 is 10.1 Å². The topological polar surface area (TPSA) is 74.2 Å². The Kier molecular flexibility index (Phi) is 10.9. The van der Waals surface area contributed by atoms with Crippen LogP contribution >= 0.6 is 0 Å². The Balaban J connectivity index is 1.63. The van der Waals surface area contributed by atoms with Gasteiger partial charge in [-0.15, -0.1) is 9.39 Å². The summed E-state index contributed by atoms with van der Waals surface area (Å²) >= 11 is 0. The number of hydroxylamine groups is 1. The van der Waals surface area contributed by atoms with Gasteiger partial charge in [-0.25, -0.2) is 5.48 Å². The Morgan fingerprint density at radius 2 is 1.60 bits per heavy atom. The highest BCUT2D eigenvalue weighted by Crippen LogP contribution is 2.27. The van der Waals surface area contributed by atoms with Crippen LogP contribution in [0, 0.1) is 5.92 Å². The average molecular weight is 605 g/mol. The first-order valence-corrected chi connectivity index (χ1v) is 17.2. The molecule has 232 valence electrons. The molecule has 43 heavy (non-hydrogen) atoms. The molecule has 7 nitrogen and oxygen atoms in total. The minimum Gasteiger partial charge on any atom is -0.305 e. The standard InChI is InChI=1S/C35H48N4O3S/c1-7-27(2)31-15-19-33(20-16-31)39(26-30-13-17-32(18-14-30)35(3,4)5)34(37-42-43(6,40)41)36-38-23-21-29(22-24-38)25-28-11-9-8-10-12-28/h8-20,27,29H,7,21-26H2,1-6H3,(H,36,37).